The lowest BCUT2D eigenvalue weighted by molar-refractivity contribution is 0.116. The normalized spacial score (nSPS) is 14.2. The monoisotopic (exact) mass is 445 g/mol. The number of hydrogen-bond donors (Lipinski definition) is 1. The Labute approximate surface area is 195 Å². The summed E-state index contributed by atoms with van der Waals surface area (Å²) in [5, 5.41) is 2.86. The van der Waals surface area contributed by atoms with Gasteiger partial charge in [-0.15, -0.1) is 0 Å². The van der Waals surface area contributed by atoms with Crippen LogP contribution in [-0.2, 0) is 0 Å². The van der Waals surface area contributed by atoms with Gasteiger partial charge in [-0.2, -0.15) is 0 Å². The quantitative estimate of drug-likeness (QED) is 0.518. The molecule has 0 unspecified atom stereocenters. The first-order valence-corrected chi connectivity index (χ1v) is 11.5. The van der Waals surface area contributed by atoms with Gasteiger partial charge in [0.1, 0.15) is 11.5 Å². The van der Waals surface area contributed by atoms with E-state index in [1.807, 2.05) is 48.2 Å². The molecule has 0 bridgehead atoms. The zero-order chi connectivity index (χ0) is 22.9. The van der Waals surface area contributed by atoms with Gasteiger partial charge >= 0.3 is 6.03 Å². The van der Waals surface area contributed by atoms with Crippen molar-refractivity contribution in [3.05, 3.63) is 96.1 Å². The highest BCUT2D eigenvalue weighted by molar-refractivity contribution is 5.74. The second-order valence-electron chi connectivity index (χ2n) is 7.92. The maximum Gasteiger partial charge on any atom is 0.320 e. The smallest absolute Gasteiger partial charge is 0.320 e. The van der Waals surface area contributed by atoms with Crippen LogP contribution in [0.4, 0.5) is 4.79 Å². The zero-order valence-electron chi connectivity index (χ0n) is 19.0. The van der Waals surface area contributed by atoms with Gasteiger partial charge in [0.25, 0.3) is 0 Å². The average molecular weight is 446 g/mol. The molecule has 3 aromatic carbocycles. The number of rotatable bonds is 8. The highest BCUT2D eigenvalue weighted by Gasteiger charge is 2.28. The molecular weight excluding hydrogens is 414 g/mol. The molecular formula is C27H31N3O3. The van der Waals surface area contributed by atoms with E-state index in [1.165, 1.54) is 11.1 Å². The Hall–Kier alpha value is -3.51. The van der Waals surface area contributed by atoms with Crippen molar-refractivity contribution in [3.63, 3.8) is 0 Å². The second kappa shape index (κ2) is 11.4. The van der Waals surface area contributed by atoms with Gasteiger partial charge in [0.05, 0.1) is 12.6 Å². The Balaban J connectivity index is 1.29. The number of carbonyl (C=O) groups is 1. The second-order valence-corrected chi connectivity index (χ2v) is 7.92. The number of benzene rings is 3. The number of ether oxygens (including phenoxy) is 2. The lowest BCUT2D eigenvalue weighted by Crippen LogP contribution is -2.53. The lowest BCUT2D eigenvalue weighted by Gasteiger charge is -2.39. The molecule has 33 heavy (non-hydrogen) atoms. The van der Waals surface area contributed by atoms with Crippen LogP contribution in [0.5, 0.6) is 11.5 Å². The molecule has 172 valence electrons. The van der Waals surface area contributed by atoms with Crippen LogP contribution in [0.2, 0.25) is 0 Å². The van der Waals surface area contributed by atoms with E-state index < -0.39 is 0 Å². The Morgan fingerprint density at radius 2 is 1.30 bits per heavy atom. The van der Waals surface area contributed by atoms with Crippen LogP contribution in [0.1, 0.15) is 24.1 Å². The van der Waals surface area contributed by atoms with Crippen molar-refractivity contribution >= 4 is 6.03 Å². The Bertz CT molecular complexity index is 949. The molecule has 1 fully saturated rings. The topological polar surface area (TPSA) is 54.0 Å². The van der Waals surface area contributed by atoms with E-state index in [0.29, 0.717) is 25.4 Å². The number of carbonyl (C=O) groups excluding carboxylic acids is 1. The van der Waals surface area contributed by atoms with Crippen molar-refractivity contribution in [1.82, 2.24) is 15.1 Å². The fourth-order valence-corrected chi connectivity index (χ4v) is 4.16. The molecule has 1 N–H and O–H groups in total. The highest BCUT2D eigenvalue weighted by atomic mass is 16.5. The minimum atomic E-state index is -0.100. The van der Waals surface area contributed by atoms with Crippen LogP contribution < -0.4 is 14.8 Å². The van der Waals surface area contributed by atoms with Crippen molar-refractivity contribution < 1.29 is 14.3 Å². The molecule has 1 heterocycles. The first-order chi connectivity index (χ1) is 16.2. The fourth-order valence-electron chi connectivity index (χ4n) is 4.16. The molecule has 6 nitrogen and oxygen atoms in total. The minimum absolute atomic E-state index is 0.100. The number of nitrogens with one attached hydrogen (secondary N) is 1. The van der Waals surface area contributed by atoms with Crippen molar-refractivity contribution in [2.75, 3.05) is 39.5 Å². The number of hydrogen-bond acceptors (Lipinski definition) is 4. The molecule has 0 spiro atoms. The predicted molar refractivity (Wildman–Crippen MR) is 130 cm³/mol. The molecule has 0 aliphatic carbocycles. The number of nitrogens with zero attached hydrogens (tertiary/aromatic N) is 2. The minimum Gasteiger partial charge on any atom is -0.494 e. The maximum absolute atomic E-state index is 12.6. The third kappa shape index (κ3) is 6.05. The molecule has 0 saturated carbocycles. The summed E-state index contributed by atoms with van der Waals surface area (Å²) in [5.41, 5.74) is 2.54. The summed E-state index contributed by atoms with van der Waals surface area (Å²) in [4.78, 5) is 16.9. The van der Waals surface area contributed by atoms with Crippen LogP contribution in [0, 0.1) is 0 Å². The first-order valence-electron chi connectivity index (χ1n) is 11.5. The van der Waals surface area contributed by atoms with Gasteiger partial charge in [-0.1, -0.05) is 60.7 Å². The molecule has 2 amide bonds. The van der Waals surface area contributed by atoms with E-state index in [0.717, 1.165) is 18.8 Å². The van der Waals surface area contributed by atoms with E-state index >= 15 is 0 Å². The van der Waals surface area contributed by atoms with Crippen molar-refractivity contribution in [2.45, 2.75) is 13.0 Å². The summed E-state index contributed by atoms with van der Waals surface area (Å²) in [7, 11) is 0. The fraction of sp³-hybridized carbons (Fsp3) is 0.296. The van der Waals surface area contributed by atoms with Crippen LogP contribution in [-0.4, -0.2) is 55.3 Å². The lowest BCUT2D eigenvalue weighted by atomic mass is 9.96. The summed E-state index contributed by atoms with van der Waals surface area (Å²) < 4.78 is 11.1. The average Bonchev–Trinajstić information content (AvgIpc) is 2.87. The molecule has 0 atom stereocenters. The van der Waals surface area contributed by atoms with Gasteiger partial charge in [-0.3, -0.25) is 4.90 Å². The molecule has 4 rings (SSSR count). The molecule has 0 aromatic heterocycles. The van der Waals surface area contributed by atoms with Gasteiger partial charge < -0.3 is 19.7 Å². The molecule has 3 aromatic rings. The van der Waals surface area contributed by atoms with Crippen LogP contribution >= 0.6 is 0 Å². The molecule has 1 aliphatic heterocycles. The van der Waals surface area contributed by atoms with E-state index in [-0.39, 0.29) is 18.8 Å². The van der Waals surface area contributed by atoms with Crippen molar-refractivity contribution in [3.8, 4) is 11.5 Å². The largest absolute Gasteiger partial charge is 0.494 e. The van der Waals surface area contributed by atoms with Crippen LogP contribution in [0.25, 0.3) is 0 Å². The van der Waals surface area contributed by atoms with Gasteiger partial charge in [0.15, 0.2) is 6.73 Å². The van der Waals surface area contributed by atoms with Crippen molar-refractivity contribution in [2.24, 2.45) is 0 Å². The first kappa shape index (κ1) is 22.7. The van der Waals surface area contributed by atoms with Gasteiger partial charge in [0.2, 0.25) is 0 Å². The Morgan fingerprint density at radius 1 is 0.788 bits per heavy atom. The van der Waals surface area contributed by atoms with Gasteiger partial charge in [-0.25, -0.2) is 4.79 Å². The van der Waals surface area contributed by atoms with Crippen LogP contribution in [0.15, 0.2) is 84.9 Å². The van der Waals surface area contributed by atoms with E-state index in [9.17, 15) is 4.79 Å². The molecule has 1 aliphatic rings. The number of piperazine rings is 1. The summed E-state index contributed by atoms with van der Waals surface area (Å²) in [6.45, 7) is 5.66. The zero-order valence-corrected chi connectivity index (χ0v) is 19.0. The molecule has 0 radical (unpaired) electrons. The molecule has 6 heteroatoms. The van der Waals surface area contributed by atoms with Gasteiger partial charge in [0, 0.05) is 26.2 Å². The predicted octanol–water partition coefficient (Wildman–Crippen LogP) is 4.54. The summed E-state index contributed by atoms with van der Waals surface area (Å²) >= 11 is 0. The Morgan fingerprint density at radius 3 is 1.82 bits per heavy atom. The van der Waals surface area contributed by atoms with Crippen molar-refractivity contribution in [1.29, 1.82) is 0 Å². The van der Waals surface area contributed by atoms with E-state index in [4.69, 9.17) is 9.47 Å². The van der Waals surface area contributed by atoms with E-state index in [1.54, 1.807) is 0 Å². The maximum atomic E-state index is 12.6. The standard InChI is InChI=1S/C27H31N3O3/c1-2-32-24-13-15-25(16-14-24)33-21-28-27(31)30-19-17-29(18-20-30)26(22-9-5-3-6-10-22)23-11-7-4-8-12-23/h3-16,26H,2,17-21H2,1H3,(H,28,31). The van der Waals surface area contributed by atoms with Gasteiger partial charge in [-0.05, 0) is 42.3 Å². The highest BCUT2D eigenvalue weighted by Crippen LogP contribution is 2.29. The molecule has 1 saturated heterocycles. The number of urea groups is 1. The third-order valence-electron chi connectivity index (χ3n) is 5.79. The SMILES string of the molecule is CCOc1ccc(OCNC(=O)N2CCN(C(c3ccccc3)c3ccccc3)CC2)cc1. The van der Waals surface area contributed by atoms with E-state index in [2.05, 4.69) is 58.7 Å². The summed E-state index contributed by atoms with van der Waals surface area (Å²) in [5.74, 6) is 1.49. The third-order valence-corrected chi connectivity index (χ3v) is 5.79. The number of amides is 2. The summed E-state index contributed by atoms with van der Waals surface area (Å²) in [6, 6.07) is 28.6. The van der Waals surface area contributed by atoms with Crippen LogP contribution in [0.3, 0.4) is 0 Å². The summed E-state index contributed by atoms with van der Waals surface area (Å²) in [6.07, 6.45) is 0. The Kier molecular flexibility index (Phi) is 7.82.